The highest BCUT2D eigenvalue weighted by molar-refractivity contribution is 7.15. The third-order valence-corrected chi connectivity index (χ3v) is 4.83. The van der Waals surface area contributed by atoms with Gasteiger partial charge in [0.15, 0.2) is 0 Å². The van der Waals surface area contributed by atoms with Gasteiger partial charge in [0.2, 0.25) is 5.13 Å². The molecule has 5 heteroatoms. The fourth-order valence-corrected chi connectivity index (χ4v) is 3.41. The summed E-state index contributed by atoms with van der Waals surface area (Å²) in [7, 11) is 1.65. The number of rotatable bonds is 3. The lowest BCUT2D eigenvalue weighted by Gasteiger charge is -2.16. The van der Waals surface area contributed by atoms with Crippen molar-refractivity contribution in [1.29, 1.82) is 0 Å². The minimum atomic E-state index is 0.521. The van der Waals surface area contributed by atoms with Crippen molar-refractivity contribution in [1.82, 2.24) is 4.98 Å². The van der Waals surface area contributed by atoms with Crippen LogP contribution in [0.4, 0.5) is 5.13 Å². The van der Waals surface area contributed by atoms with E-state index in [9.17, 15) is 0 Å². The van der Waals surface area contributed by atoms with Crippen molar-refractivity contribution < 1.29 is 9.47 Å². The van der Waals surface area contributed by atoms with E-state index in [0.29, 0.717) is 6.61 Å². The number of ether oxygens (including phenoxy) is 2. The van der Waals surface area contributed by atoms with E-state index in [1.165, 1.54) is 5.56 Å². The van der Waals surface area contributed by atoms with E-state index in [4.69, 9.17) is 9.47 Å². The Hall–Kier alpha value is -2.66. The van der Waals surface area contributed by atoms with Crippen molar-refractivity contribution in [2.24, 2.45) is 4.99 Å². The number of aliphatic imine (C=N–C) groups is 1. The molecule has 3 aromatic rings. The molecular weight excluding hydrogens is 320 g/mol. The van der Waals surface area contributed by atoms with Gasteiger partial charge in [-0.05, 0) is 24.6 Å². The number of hydrogen-bond acceptors (Lipinski definition) is 5. The number of aromatic nitrogens is 1. The smallest absolute Gasteiger partial charge is 0.210 e. The van der Waals surface area contributed by atoms with Gasteiger partial charge >= 0.3 is 0 Å². The first-order valence-corrected chi connectivity index (χ1v) is 8.46. The number of thiazole rings is 1. The van der Waals surface area contributed by atoms with Crippen LogP contribution >= 0.6 is 11.3 Å². The van der Waals surface area contributed by atoms with Crippen molar-refractivity contribution in [3.63, 3.8) is 0 Å². The second kappa shape index (κ2) is 6.09. The SMILES string of the molecule is COc1ccc2c(c1)OCc1sc(N=Cc3ccc(C)cc3)nc1-2. The highest BCUT2D eigenvalue weighted by Crippen LogP contribution is 2.42. The lowest BCUT2D eigenvalue weighted by Crippen LogP contribution is -2.03. The molecule has 24 heavy (non-hydrogen) atoms. The molecular formula is C19H16N2O2S. The lowest BCUT2D eigenvalue weighted by atomic mass is 10.1. The fourth-order valence-electron chi connectivity index (χ4n) is 2.57. The van der Waals surface area contributed by atoms with Gasteiger partial charge in [-0.25, -0.2) is 9.98 Å². The molecule has 120 valence electrons. The summed E-state index contributed by atoms with van der Waals surface area (Å²) in [6.07, 6.45) is 1.85. The molecule has 0 spiro atoms. The average Bonchev–Trinajstić information content (AvgIpc) is 3.04. The van der Waals surface area contributed by atoms with Crippen LogP contribution in [-0.2, 0) is 6.61 Å². The van der Waals surface area contributed by atoms with Crippen LogP contribution in [0.1, 0.15) is 16.0 Å². The lowest BCUT2D eigenvalue weighted by molar-refractivity contribution is 0.303. The summed E-state index contributed by atoms with van der Waals surface area (Å²) in [6, 6.07) is 14.1. The molecule has 0 aliphatic carbocycles. The summed E-state index contributed by atoms with van der Waals surface area (Å²) < 4.78 is 11.1. The first kappa shape index (κ1) is 14.9. The first-order valence-electron chi connectivity index (χ1n) is 7.64. The van der Waals surface area contributed by atoms with Gasteiger partial charge in [-0.3, -0.25) is 0 Å². The molecule has 0 N–H and O–H groups in total. The van der Waals surface area contributed by atoms with Crippen molar-refractivity contribution >= 4 is 22.7 Å². The van der Waals surface area contributed by atoms with E-state index >= 15 is 0 Å². The van der Waals surface area contributed by atoms with Crippen LogP contribution < -0.4 is 9.47 Å². The zero-order valence-corrected chi connectivity index (χ0v) is 14.3. The maximum absolute atomic E-state index is 5.82. The standard InChI is InChI=1S/C19H16N2O2S/c1-12-3-5-13(6-4-12)10-20-19-21-18-15-8-7-14(22-2)9-16(15)23-11-17(18)24-19/h3-10H,11H2,1-2H3. The van der Waals surface area contributed by atoms with Gasteiger partial charge in [0.1, 0.15) is 18.1 Å². The van der Waals surface area contributed by atoms with E-state index < -0.39 is 0 Å². The summed E-state index contributed by atoms with van der Waals surface area (Å²) in [5.74, 6) is 1.59. The van der Waals surface area contributed by atoms with Gasteiger partial charge in [0, 0.05) is 17.8 Å². The largest absolute Gasteiger partial charge is 0.497 e. The van der Waals surface area contributed by atoms with Crippen LogP contribution in [0.3, 0.4) is 0 Å². The van der Waals surface area contributed by atoms with Crippen molar-refractivity contribution in [2.75, 3.05) is 7.11 Å². The Labute approximate surface area is 144 Å². The van der Waals surface area contributed by atoms with E-state index in [1.807, 2.05) is 24.4 Å². The highest BCUT2D eigenvalue weighted by Gasteiger charge is 2.22. The molecule has 0 saturated heterocycles. The molecule has 0 bridgehead atoms. The van der Waals surface area contributed by atoms with Crippen LogP contribution in [0.5, 0.6) is 11.5 Å². The third kappa shape index (κ3) is 2.78. The number of aryl methyl sites for hydroxylation is 1. The summed E-state index contributed by atoms with van der Waals surface area (Å²) in [5, 5.41) is 0.743. The van der Waals surface area contributed by atoms with Gasteiger partial charge in [-0.15, -0.1) is 0 Å². The number of hydrogen-bond donors (Lipinski definition) is 0. The predicted octanol–water partition coefficient (Wildman–Crippen LogP) is 4.77. The zero-order valence-electron chi connectivity index (χ0n) is 13.4. The Morgan fingerprint density at radius 1 is 1.21 bits per heavy atom. The highest BCUT2D eigenvalue weighted by atomic mass is 32.1. The Balaban J connectivity index is 1.65. The van der Waals surface area contributed by atoms with Gasteiger partial charge in [0.25, 0.3) is 0 Å². The molecule has 0 unspecified atom stereocenters. The maximum atomic E-state index is 5.82. The Kier molecular flexibility index (Phi) is 3.78. The number of benzene rings is 2. The van der Waals surface area contributed by atoms with Crippen molar-refractivity contribution in [3.8, 4) is 22.8 Å². The van der Waals surface area contributed by atoms with Crippen LogP contribution in [0.2, 0.25) is 0 Å². The summed E-state index contributed by atoms with van der Waals surface area (Å²) in [5.41, 5.74) is 4.25. The minimum absolute atomic E-state index is 0.521. The number of methoxy groups -OCH3 is 1. The first-order chi connectivity index (χ1) is 11.7. The molecule has 0 fully saturated rings. The second-order valence-electron chi connectivity index (χ2n) is 5.59. The Bertz CT molecular complexity index is 914. The molecule has 0 amide bonds. The molecule has 0 saturated carbocycles. The molecule has 1 aromatic heterocycles. The van der Waals surface area contributed by atoms with Gasteiger partial charge < -0.3 is 9.47 Å². The van der Waals surface area contributed by atoms with E-state index in [1.54, 1.807) is 18.4 Å². The van der Waals surface area contributed by atoms with E-state index in [-0.39, 0.29) is 0 Å². The van der Waals surface area contributed by atoms with Crippen LogP contribution in [-0.4, -0.2) is 18.3 Å². The topological polar surface area (TPSA) is 43.7 Å². The molecule has 2 heterocycles. The maximum Gasteiger partial charge on any atom is 0.210 e. The minimum Gasteiger partial charge on any atom is -0.497 e. The molecule has 0 atom stereocenters. The fraction of sp³-hybridized carbons (Fsp3) is 0.158. The van der Waals surface area contributed by atoms with Gasteiger partial charge in [0.05, 0.1) is 17.7 Å². The second-order valence-corrected chi connectivity index (χ2v) is 6.65. The van der Waals surface area contributed by atoms with Crippen molar-refractivity contribution in [3.05, 3.63) is 58.5 Å². The molecule has 2 aromatic carbocycles. The average molecular weight is 336 g/mol. The normalized spacial score (nSPS) is 12.6. The number of fused-ring (bicyclic) bond motifs is 3. The molecule has 1 aliphatic rings. The zero-order chi connectivity index (χ0) is 16.5. The Morgan fingerprint density at radius 3 is 2.83 bits per heavy atom. The summed E-state index contributed by atoms with van der Waals surface area (Å²) in [4.78, 5) is 10.3. The van der Waals surface area contributed by atoms with E-state index in [0.717, 1.165) is 38.3 Å². The summed E-state index contributed by atoms with van der Waals surface area (Å²) >= 11 is 1.57. The van der Waals surface area contributed by atoms with Gasteiger partial charge in [-0.2, -0.15) is 0 Å². The molecule has 4 rings (SSSR count). The van der Waals surface area contributed by atoms with E-state index in [2.05, 4.69) is 41.2 Å². The predicted molar refractivity (Wildman–Crippen MR) is 96.9 cm³/mol. The third-order valence-electron chi connectivity index (χ3n) is 3.89. The molecule has 4 nitrogen and oxygen atoms in total. The number of nitrogens with zero attached hydrogens (tertiary/aromatic N) is 2. The van der Waals surface area contributed by atoms with Crippen molar-refractivity contribution in [2.45, 2.75) is 13.5 Å². The monoisotopic (exact) mass is 336 g/mol. The van der Waals surface area contributed by atoms with Gasteiger partial charge in [-0.1, -0.05) is 41.2 Å². The van der Waals surface area contributed by atoms with Crippen LogP contribution in [0.25, 0.3) is 11.3 Å². The Morgan fingerprint density at radius 2 is 2.04 bits per heavy atom. The molecule has 0 radical (unpaired) electrons. The summed E-state index contributed by atoms with van der Waals surface area (Å²) in [6.45, 7) is 2.59. The van der Waals surface area contributed by atoms with Crippen LogP contribution in [0.15, 0.2) is 47.5 Å². The molecule has 1 aliphatic heterocycles. The quantitative estimate of drug-likeness (QED) is 0.647. The van der Waals surface area contributed by atoms with Crippen LogP contribution in [0, 0.1) is 6.92 Å².